The molecule has 0 fully saturated rings. The van der Waals surface area contributed by atoms with Gasteiger partial charge < -0.3 is 0 Å². The predicted molar refractivity (Wildman–Crippen MR) is 62.5 cm³/mol. The number of benzene rings is 1. The van der Waals surface area contributed by atoms with Gasteiger partial charge >= 0.3 is 0 Å². The zero-order valence-corrected chi connectivity index (χ0v) is 9.39. The lowest BCUT2D eigenvalue weighted by Crippen LogP contribution is -2.13. The molecule has 0 saturated heterocycles. The molecule has 0 aliphatic heterocycles. The van der Waals surface area contributed by atoms with E-state index in [0.29, 0.717) is 5.92 Å². The van der Waals surface area contributed by atoms with Gasteiger partial charge in [0.05, 0.1) is 0 Å². The number of aryl methyl sites for hydroxylation is 1. The van der Waals surface area contributed by atoms with E-state index in [1.54, 1.807) is 0 Å². The molecule has 2 aliphatic carbocycles. The molecule has 3 rings (SSSR count). The molecule has 0 spiro atoms. The first-order valence-electron chi connectivity index (χ1n) is 5.48. The van der Waals surface area contributed by atoms with Crippen molar-refractivity contribution >= 4 is 5.57 Å². The fraction of sp³-hybridized carbons (Fsp3) is 0.333. The highest BCUT2D eigenvalue weighted by Gasteiger charge is 2.43. The summed E-state index contributed by atoms with van der Waals surface area (Å²) in [5.74, 6) is 0.523. The van der Waals surface area contributed by atoms with E-state index in [-0.39, 0.29) is 5.41 Å². The summed E-state index contributed by atoms with van der Waals surface area (Å²) in [6.45, 7) is 6.68. The molecule has 2 atom stereocenters. The van der Waals surface area contributed by atoms with Crippen molar-refractivity contribution in [3.05, 3.63) is 53.1 Å². The molecule has 0 nitrogen and oxygen atoms in total. The molecule has 2 aliphatic rings. The summed E-state index contributed by atoms with van der Waals surface area (Å²) in [5, 5.41) is 0. The first-order valence-corrected chi connectivity index (χ1v) is 5.48. The molecular formula is C15H14. The minimum Gasteiger partial charge on any atom is -0.0736 e. The summed E-state index contributed by atoms with van der Waals surface area (Å²) in [6.07, 6.45) is 6.71. The van der Waals surface area contributed by atoms with Crippen LogP contribution in [-0.4, -0.2) is 0 Å². The van der Waals surface area contributed by atoms with Crippen molar-refractivity contribution < 1.29 is 0 Å². The van der Waals surface area contributed by atoms with Crippen LogP contribution in [0.2, 0.25) is 0 Å². The van der Waals surface area contributed by atoms with Crippen molar-refractivity contribution in [3.8, 4) is 0 Å². The van der Waals surface area contributed by atoms with E-state index in [9.17, 15) is 0 Å². The Morgan fingerprint density at radius 1 is 1.40 bits per heavy atom. The van der Waals surface area contributed by atoms with Crippen LogP contribution in [0.25, 0.3) is 5.57 Å². The SMILES string of the molecule is Cc1[c]c2c([c]c1)C(C)C1(C)C=CC=C21. The van der Waals surface area contributed by atoms with Gasteiger partial charge in [-0.1, -0.05) is 38.1 Å². The highest BCUT2D eigenvalue weighted by atomic mass is 14.5. The monoisotopic (exact) mass is 194 g/mol. The number of hydrogen-bond donors (Lipinski definition) is 0. The fourth-order valence-electron chi connectivity index (χ4n) is 2.76. The molecule has 0 heterocycles. The standard InChI is InChI=1S/C15H14/c1-10-6-7-12-11(2)15(3)8-4-5-14(15)13(12)9-10/h4-6,8,11H,1-3H3. The fourth-order valence-corrected chi connectivity index (χ4v) is 2.76. The van der Waals surface area contributed by atoms with Gasteiger partial charge in [-0.15, -0.1) is 0 Å². The quantitative estimate of drug-likeness (QED) is 0.591. The maximum atomic E-state index is 3.48. The van der Waals surface area contributed by atoms with E-state index in [4.69, 9.17) is 0 Å². The van der Waals surface area contributed by atoms with Crippen molar-refractivity contribution in [2.45, 2.75) is 26.7 Å². The van der Waals surface area contributed by atoms with E-state index in [2.05, 4.69) is 51.1 Å². The van der Waals surface area contributed by atoms with E-state index in [1.807, 2.05) is 6.07 Å². The zero-order valence-electron chi connectivity index (χ0n) is 9.39. The molecule has 1 aromatic carbocycles. The van der Waals surface area contributed by atoms with E-state index in [0.717, 1.165) is 0 Å². The Hall–Kier alpha value is -1.30. The number of fused-ring (bicyclic) bond motifs is 3. The maximum absolute atomic E-state index is 3.48. The minimum absolute atomic E-state index is 0.184. The molecule has 0 saturated carbocycles. The van der Waals surface area contributed by atoms with Gasteiger partial charge in [0.15, 0.2) is 0 Å². The molecule has 0 amide bonds. The smallest absolute Gasteiger partial charge is 0.0179 e. The molecule has 2 radical (unpaired) electrons. The highest BCUT2D eigenvalue weighted by Crippen LogP contribution is 2.57. The van der Waals surface area contributed by atoms with Gasteiger partial charge in [-0.2, -0.15) is 0 Å². The Bertz CT molecular complexity index is 491. The summed E-state index contributed by atoms with van der Waals surface area (Å²) in [6, 6.07) is 8.94. The molecule has 1 aromatic rings. The van der Waals surface area contributed by atoms with Gasteiger partial charge in [0.1, 0.15) is 0 Å². The third-order valence-corrected chi connectivity index (χ3v) is 3.92. The number of hydrogen-bond acceptors (Lipinski definition) is 0. The lowest BCUT2D eigenvalue weighted by atomic mass is 9.78. The lowest BCUT2D eigenvalue weighted by Gasteiger charge is -2.24. The van der Waals surface area contributed by atoms with Gasteiger partial charge in [0.2, 0.25) is 0 Å². The summed E-state index contributed by atoms with van der Waals surface area (Å²) >= 11 is 0. The normalized spacial score (nSPS) is 31.4. The van der Waals surface area contributed by atoms with Gasteiger partial charge in [0.25, 0.3) is 0 Å². The molecule has 0 N–H and O–H groups in total. The van der Waals surface area contributed by atoms with Crippen LogP contribution in [0, 0.1) is 24.5 Å². The molecule has 15 heavy (non-hydrogen) atoms. The van der Waals surface area contributed by atoms with Crippen molar-refractivity contribution in [1.82, 2.24) is 0 Å². The molecule has 74 valence electrons. The van der Waals surface area contributed by atoms with Gasteiger partial charge in [-0.3, -0.25) is 0 Å². The summed E-state index contributed by atoms with van der Waals surface area (Å²) < 4.78 is 0. The van der Waals surface area contributed by atoms with Crippen molar-refractivity contribution in [3.63, 3.8) is 0 Å². The first-order chi connectivity index (χ1) is 7.13. The molecular weight excluding hydrogens is 180 g/mol. The van der Waals surface area contributed by atoms with E-state index in [1.165, 1.54) is 22.3 Å². The summed E-state index contributed by atoms with van der Waals surface area (Å²) in [7, 11) is 0. The van der Waals surface area contributed by atoms with Crippen molar-refractivity contribution in [2.75, 3.05) is 0 Å². The Morgan fingerprint density at radius 2 is 2.20 bits per heavy atom. The lowest BCUT2D eigenvalue weighted by molar-refractivity contribution is 0.499. The average molecular weight is 194 g/mol. The predicted octanol–water partition coefficient (Wildman–Crippen LogP) is 3.67. The van der Waals surface area contributed by atoms with Crippen LogP contribution in [0.15, 0.2) is 24.3 Å². The third-order valence-electron chi connectivity index (χ3n) is 3.92. The Balaban J connectivity index is 2.29. The summed E-state index contributed by atoms with van der Waals surface area (Å²) in [4.78, 5) is 0. The number of allylic oxidation sites excluding steroid dienone is 4. The molecule has 2 unspecified atom stereocenters. The van der Waals surface area contributed by atoms with Gasteiger partial charge in [-0.05, 0) is 47.2 Å². The largest absolute Gasteiger partial charge is 0.0736 e. The molecule has 0 aromatic heterocycles. The van der Waals surface area contributed by atoms with Gasteiger partial charge in [0, 0.05) is 5.41 Å². The van der Waals surface area contributed by atoms with Gasteiger partial charge in [-0.25, -0.2) is 0 Å². The molecule has 0 heteroatoms. The van der Waals surface area contributed by atoms with Crippen LogP contribution in [-0.2, 0) is 0 Å². The minimum atomic E-state index is 0.184. The Kier molecular flexibility index (Phi) is 1.57. The van der Waals surface area contributed by atoms with Crippen molar-refractivity contribution in [2.24, 2.45) is 5.41 Å². The van der Waals surface area contributed by atoms with Crippen LogP contribution < -0.4 is 0 Å². The second kappa shape index (κ2) is 2.63. The van der Waals surface area contributed by atoms with Crippen LogP contribution in [0.1, 0.15) is 36.5 Å². The Labute approximate surface area is 91.3 Å². The van der Waals surface area contributed by atoms with E-state index >= 15 is 0 Å². The van der Waals surface area contributed by atoms with Crippen LogP contribution in [0.4, 0.5) is 0 Å². The topological polar surface area (TPSA) is 0 Å². The maximum Gasteiger partial charge on any atom is 0.0179 e. The first kappa shape index (κ1) is 8.96. The number of rotatable bonds is 0. The second-order valence-electron chi connectivity index (χ2n) is 4.83. The van der Waals surface area contributed by atoms with Crippen molar-refractivity contribution in [1.29, 1.82) is 0 Å². The van der Waals surface area contributed by atoms with Crippen LogP contribution >= 0.6 is 0 Å². The average Bonchev–Trinajstić information content (AvgIpc) is 2.67. The second-order valence-corrected chi connectivity index (χ2v) is 4.83. The summed E-state index contributed by atoms with van der Waals surface area (Å²) in [5.41, 5.74) is 5.40. The molecule has 0 bridgehead atoms. The van der Waals surface area contributed by atoms with Crippen LogP contribution in [0.3, 0.4) is 0 Å². The van der Waals surface area contributed by atoms with E-state index < -0.39 is 0 Å². The zero-order chi connectivity index (χ0) is 10.6. The van der Waals surface area contributed by atoms with Crippen LogP contribution in [0.5, 0.6) is 0 Å². The highest BCUT2D eigenvalue weighted by molar-refractivity contribution is 5.83. The Morgan fingerprint density at radius 3 is 3.00 bits per heavy atom. The third kappa shape index (κ3) is 0.971.